The Kier molecular flexibility index (Phi) is 6.20. The summed E-state index contributed by atoms with van der Waals surface area (Å²) in [6.45, 7) is 1.25. The molecule has 0 radical (unpaired) electrons. The van der Waals surface area contributed by atoms with E-state index in [0.29, 0.717) is 42.1 Å². The smallest absolute Gasteiger partial charge is 0.387 e. The fourth-order valence-corrected chi connectivity index (χ4v) is 4.32. The highest BCUT2D eigenvalue weighted by atomic mass is 19.3. The van der Waals surface area contributed by atoms with E-state index in [1.165, 1.54) is 37.3 Å². The van der Waals surface area contributed by atoms with Crippen LogP contribution in [0.25, 0.3) is 11.1 Å². The third-order valence-corrected chi connectivity index (χ3v) is 6.02. The van der Waals surface area contributed by atoms with Crippen molar-refractivity contribution in [3.8, 4) is 16.9 Å². The molecule has 3 aromatic rings. The minimum absolute atomic E-state index is 0.0262. The molecule has 4 heterocycles. The van der Waals surface area contributed by atoms with Crippen molar-refractivity contribution in [1.29, 1.82) is 0 Å². The van der Waals surface area contributed by atoms with Crippen LogP contribution in [-0.2, 0) is 4.74 Å². The maximum atomic E-state index is 14.5. The van der Waals surface area contributed by atoms with Gasteiger partial charge in [0.1, 0.15) is 11.4 Å². The number of carbonyl (C=O) groups is 1. The lowest BCUT2D eigenvalue weighted by Crippen LogP contribution is -2.24. The van der Waals surface area contributed by atoms with E-state index in [9.17, 15) is 18.0 Å². The molecule has 35 heavy (non-hydrogen) atoms. The quantitative estimate of drug-likeness (QED) is 0.501. The summed E-state index contributed by atoms with van der Waals surface area (Å²) < 4.78 is 49.3. The van der Waals surface area contributed by atoms with Crippen molar-refractivity contribution in [2.24, 2.45) is 11.8 Å². The van der Waals surface area contributed by atoms with Crippen LogP contribution in [0.15, 0.2) is 36.5 Å². The van der Waals surface area contributed by atoms with Gasteiger partial charge in [-0.05, 0) is 23.8 Å². The maximum absolute atomic E-state index is 14.5. The van der Waals surface area contributed by atoms with Crippen LogP contribution in [0.4, 0.5) is 30.8 Å². The number of nitrogens with zero attached hydrogens (tertiary/aromatic N) is 5. The van der Waals surface area contributed by atoms with Crippen LogP contribution < -0.4 is 15.0 Å². The molecule has 0 aliphatic carbocycles. The van der Waals surface area contributed by atoms with Crippen LogP contribution in [0.5, 0.6) is 5.75 Å². The number of Topliss-reactive ketones (excluding diaryl/α,β-unsaturated/α-hetero) is 1. The van der Waals surface area contributed by atoms with Gasteiger partial charge in [-0.25, -0.2) is 9.37 Å². The second kappa shape index (κ2) is 9.45. The Labute approximate surface area is 198 Å². The molecule has 9 nitrogen and oxygen atoms in total. The molecule has 182 valence electrons. The van der Waals surface area contributed by atoms with E-state index in [-0.39, 0.29) is 28.9 Å². The van der Waals surface area contributed by atoms with Gasteiger partial charge < -0.3 is 19.7 Å². The Morgan fingerprint density at radius 1 is 1.17 bits per heavy atom. The van der Waals surface area contributed by atoms with Gasteiger partial charge in [-0.2, -0.15) is 13.8 Å². The van der Waals surface area contributed by atoms with Crippen LogP contribution in [0.1, 0.15) is 17.4 Å². The minimum Gasteiger partial charge on any atom is -0.435 e. The number of ketones is 1. The van der Waals surface area contributed by atoms with Crippen molar-refractivity contribution in [3.63, 3.8) is 0 Å². The van der Waals surface area contributed by atoms with Gasteiger partial charge in [0, 0.05) is 37.4 Å². The monoisotopic (exact) mass is 486 g/mol. The van der Waals surface area contributed by atoms with Gasteiger partial charge >= 0.3 is 6.61 Å². The van der Waals surface area contributed by atoms with E-state index in [1.807, 2.05) is 4.90 Å². The zero-order valence-electron chi connectivity index (χ0n) is 18.6. The summed E-state index contributed by atoms with van der Waals surface area (Å²) in [6.07, 6.45) is 1.09. The first-order valence-electron chi connectivity index (χ1n) is 10.9. The number of hydrogen-bond acceptors (Lipinski definition) is 9. The van der Waals surface area contributed by atoms with Gasteiger partial charge in [-0.3, -0.25) is 4.79 Å². The van der Waals surface area contributed by atoms with Crippen molar-refractivity contribution < 1.29 is 27.4 Å². The molecule has 0 spiro atoms. The number of ether oxygens (including phenoxy) is 2. The van der Waals surface area contributed by atoms with Crippen molar-refractivity contribution >= 4 is 23.4 Å². The van der Waals surface area contributed by atoms with Gasteiger partial charge in [0.2, 0.25) is 5.95 Å². The highest BCUT2D eigenvalue weighted by molar-refractivity contribution is 5.99. The lowest BCUT2D eigenvalue weighted by atomic mass is 10.0. The average Bonchev–Trinajstić information content (AvgIpc) is 3.43. The third-order valence-electron chi connectivity index (χ3n) is 6.02. The van der Waals surface area contributed by atoms with Crippen LogP contribution in [0, 0.1) is 17.7 Å². The Morgan fingerprint density at radius 2 is 1.89 bits per heavy atom. The number of nitrogens with one attached hydrogen (secondary N) is 1. The van der Waals surface area contributed by atoms with Crippen LogP contribution in [0.3, 0.4) is 0 Å². The lowest BCUT2D eigenvalue weighted by molar-refractivity contribution is -0.0498. The van der Waals surface area contributed by atoms with E-state index < -0.39 is 12.4 Å². The number of carbonyl (C=O) groups excluding carboxylic acids is 1. The molecule has 0 bridgehead atoms. The van der Waals surface area contributed by atoms with Crippen LogP contribution in [0.2, 0.25) is 0 Å². The Balaban J connectivity index is 1.41. The molecule has 2 aromatic heterocycles. The number of aromatic nitrogens is 4. The van der Waals surface area contributed by atoms with Gasteiger partial charge in [-0.15, -0.1) is 10.2 Å². The molecule has 0 saturated carbocycles. The summed E-state index contributed by atoms with van der Waals surface area (Å²) in [5.74, 6) is 0.228. The second-order valence-corrected chi connectivity index (χ2v) is 8.41. The molecule has 5 rings (SSSR count). The fraction of sp³-hybridized carbons (Fsp3) is 0.348. The molecule has 2 saturated heterocycles. The van der Waals surface area contributed by atoms with Gasteiger partial charge in [0.15, 0.2) is 23.2 Å². The Hall–Kier alpha value is -3.80. The normalized spacial score (nSPS) is 19.2. The van der Waals surface area contributed by atoms with Crippen molar-refractivity contribution in [3.05, 3.63) is 48.0 Å². The molecule has 2 aliphatic heterocycles. The highest BCUT2D eigenvalue weighted by Crippen LogP contribution is 2.32. The molecule has 2 aliphatic rings. The molecule has 1 N–H and O–H groups in total. The molecule has 0 amide bonds. The van der Waals surface area contributed by atoms with Gasteiger partial charge in [0.05, 0.1) is 19.4 Å². The third kappa shape index (κ3) is 4.87. The fourth-order valence-electron chi connectivity index (χ4n) is 4.32. The minimum atomic E-state index is -2.95. The van der Waals surface area contributed by atoms with E-state index in [4.69, 9.17) is 4.74 Å². The van der Waals surface area contributed by atoms with Crippen LogP contribution in [-0.4, -0.2) is 58.9 Å². The number of hydrogen-bond donors (Lipinski definition) is 1. The van der Waals surface area contributed by atoms with E-state index in [0.717, 1.165) is 19.3 Å². The van der Waals surface area contributed by atoms with E-state index in [1.54, 1.807) is 0 Å². The largest absolute Gasteiger partial charge is 0.435 e. The number of alkyl halides is 2. The molecular formula is C23H21F3N6O3. The molecule has 2 fully saturated rings. The molecule has 2 unspecified atom stereocenters. The van der Waals surface area contributed by atoms with Gasteiger partial charge in [0.25, 0.3) is 0 Å². The first-order valence-corrected chi connectivity index (χ1v) is 10.9. The summed E-state index contributed by atoms with van der Waals surface area (Å²) in [5.41, 5.74) is 0.984. The predicted octanol–water partition coefficient (Wildman–Crippen LogP) is 3.70. The first kappa shape index (κ1) is 23.0. The maximum Gasteiger partial charge on any atom is 0.387 e. The van der Waals surface area contributed by atoms with Crippen molar-refractivity contribution in [1.82, 2.24) is 20.2 Å². The highest BCUT2D eigenvalue weighted by Gasteiger charge is 2.38. The summed E-state index contributed by atoms with van der Waals surface area (Å²) in [6, 6.07) is 7.26. The van der Waals surface area contributed by atoms with Gasteiger partial charge in [-0.1, -0.05) is 12.1 Å². The Bertz CT molecular complexity index is 1230. The van der Waals surface area contributed by atoms with Crippen molar-refractivity contribution in [2.75, 3.05) is 36.5 Å². The molecule has 2 atom stereocenters. The topological polar surface area (TPSA) is 102 Å². The summed E-state index contributed by atoms with van der Waals surface area (Å²) in [4.78, 5) is 22.6. The first-order chi connectivity index (χ1) is 16.9. The number of benzene rings is 1. The molecular weight excluding hydrogens is 465 g/mol. The second-order valence-electron chi connectivity index (χ2n) is 8.41. The van der Waals surface area contributed by atoms with E-state index >= 15 is 0 Å². The molecule has 1 aromatic carbocycles. The number of anilines is 3. The zero-order chi connectivity index (χ0) is 24.5. The summed E-state index contributed by atoms with van der Waals surface area (Å²) >= 11 is 0. The molecule has 12 heteroatoms. The van der Waals surface area contributed by atoms with E-state index in [2.05, 4.69) is 30.2 Å². The SMILES string of the molecule is CC(=O)c1nnc(Nc2nc(N3CC4COCC4C3)ncc2F)cc1-c1ccc(OC(F)F)cc1. The lowest BCUT2D eigenvalue weighted by Gasteiger charge is -2.18. The number of fused-ring (bicyclic) bond motifs is 1. The number of halogens is 3. The van der Waals surface area contributed by atoms with Crippen LogP contribution >= 0.6 is 0 Å². The standard InChI is InChI=1S/C23H21F3N6O3/c1-12(33)20-17(13-2-4-16(5-3-13)35-22(25)26)6-19(30-31-20)28-21-18(24)7-27-23(29-21)32-8-14-10-34-11-15(14)9-32/h2-7,14-15,22H,8-11H2,1H3,(H,27,28,29,30). The van der Waals surface area contributed by atoms with Crippen molar-refractivity contribution in [2.45, 2.75) is 13.5 Å². The Morgan fingerprint density at radius 3 is 2.54 bits per heavy atom. The average molecular weight is 486 g/mol. The number of rotatable bonds is 7. The summed E-state index contributed by atoms with van der Waals surface area (Å²) in [5, 5.41) is 10.8. The zero-order valence-corrected chi connectivity index (χ0v) is 18.6. The predicted molar refractivity (Wildman–Crippen MR) is 119 cm³/mol. The summed E-state index contributed by atoms with van der Waals surface area (Å²) in [7, 11) is 0.